The number of aromatic nitrogens is 1. The molecule has 0 bridgehead atoms. The zero-order valence-corrected chi connectivity index (χ0v) is 23.7. The summed E-state index contributed by atoms with van der Waals surface area (Å²) in [7, 11) is 1.57. The van der Waals surface area contributed by atoms with Crippen molar-refractivity contribution in [3.63, 3.8) is 0 Å². The number of anilines is 1. The fourth-order valence-electron chi connectivity index (χ4n) is 4.72. The van der Waals surface area contributed by atoms with Gasteiger partial charge in [-0.3, -0.25) is 9.78 Å². The molecule has 2 aromatic rings. The predicted octanol–water partition coefficient (Wildman–Crippen LogP) is 3.70. The van der Waals surface area contributed by atoms with Crippen LogP contribution >= 0.6 is 0 Å². The number of carbonyl (C=O) groups is 2. The van der Waals surface area contributed by atoms with E-state index in [0.717, 1.165) is 47.6 Å². The molecule has 1 fully saturated rings. The Kier molecular flexibility index (Phi) is 9.61. The number of fused-ring (bicyclic) bond motifs is 1. The lowest BCUT2D eigenvalue weighted by molar-refractivity contribution is -0.139. The number of methoxy groups -OCH3 is 1. The number of aryl methyl sites for hydroxylation is 1. The third-order valence-corrected chi connectivity index (χ3v) is 6.91. The second kappa shape index (κ2) is 13.1. The van der Waals surface area contributed by atoms with Gasteiger partial charge in [0.15, 0.2) is 6.10 Å². The number of nitriles is 1. The maximum Gasteiger partial charge on any atom is 0.410 e. The number of carbonyl (C=O) groups excluding carboxylic acids is 2. The van der Waals surface area contributed by atoms with Gasteiger partial charge in [-0.15, -0.1) is 0 Å². The van der Waals surface area contributed by atoms with Crippen molar-refractivity contribution in [3.05, 3.63) is 47.7 Å². The van der Waals surface area contributed by atoms with Crippen LogP contribution in [0.2, 0.25) is 0 Å². The summed E-state index contributed by atoms with van der Waals surface area (Å²) in [6, 6.07) is 13.4. The van der Waals surface area contributed by atoms with Gasteiger partial charge >= 0.3 is 6.09 Å². The highest BCUT2D eigenvalue weighted by atomic mass is 16.6. The van der Waals surface area contributed by atoms with Crippen molar-refractivity contribution in [2.24, 2.45) is 0 Å². The molecule has 0 spiro atoms. The quantitative estimate of drug-likeness (QED) is 0.559. The first kappa shape index (κ1) is 29.3. The number of pyridine rings is 1. The fraction of sp³-hybridized carbons (Fsp3) is 0.533. The monoisotopic (exact) mass is 549 g/mol. The molecule has 1 aromatic heterocycles. The van der Waals surface area contributed by atoms with Gasteiger partial charge < -0.3 is 29.7 Å². The van der Waals surface area contributed by atoms with Gasteiger partial charge in [0.25, 0.3) is 5.91 Å². The first-order valence-corrected chi connectivity index (χ1v) is 13.8. The van der Waals surface area contributed by atoms with Gasteiger partial charge in [0.2, 0.25) is 0 Å². The van der Waals surface area contributed by atoms with Gasteiger partial charge in [0.1, 0.15) is 11.6 Å². The Bertz CT molecular complexity index is 1220. The molecule has 2 aliphatic heterocycles. The van der Waals surface area contributed by atoms with E-state index in [9.17, 15) is 14.9 Å². The van der Waals surface area contributed by atoms with Crippen LogP contribution in [0.3, 0.4) is 0 Å². The van der Waals surface area contributed by atoms with Crippen LogP contribution in [0.25, 0.3) is 11.3 Å². The van der Waals surface area contributed by atoms with E-state index in [2.05, 4.69) is 22.8 Å². The van der Waals surface area contributed by atoms with Crippen LogP contribution < -0.4 is 10.6 Å². The SMILES string of the molecule is CO[C@@H]1CCN(C(=O)OC(C)(C)C)C[C@@H](C(=O)N[C@H](C#N)Cc2ccc(-c3ccc4c(n3)CCCN4)cc2)OC1. The highest BCUT2D eigenvalue weighted by Gasteiger charge is 2.32. The molecule has 2 amide bonds. The topological polar surface area (TPSA) is 126 Å². The van der Waals surface area contributed by atoms with Crippen LogP contribution in [0.5, 0.6) is 0 Å². The normalized spacial score (nSPS) is 20.1. The predicted molar refractivity (Wildman–Crippen MR) is 151 cm³/mol. The second-order valence-electron chi connectivity index (χ2n) is 11.2. The maximum absolute atomic E-state index is 13.2. The van der Waals surface area contributed by atoms with Crippen molar-refractivity contribution < 1.29 is 23.8 Å². The van der Waals surface area contributed by atoms with Gasteiger partial charge in [0.05, 0.1) is 42.4 Å². The van der Waals surface area contributed by atoms with Crippen LogP contribution in [0, 0.1) is 11.3 Å². The summed E-state index contributed by atoms with van der Waals surface area (Å²) in [6.07, 6.45) is 1.16. The number of benzene rings is 1. The highest BCUT2D eigenvalue weighted by Crippen LogP contribution is 2.25. The summed E-state index contributed by atoms with van der Waals surface area (Å²) in [5, 5.41) is 16.0. The molecule has 2 N–H and O–H groups in total. The van der Waals surface area contributed by atoms with E-state index in [1.807, 2.05) is 30.3 Å². The standard InChI is InChI=1S/C30H39N5O5/c1-30(2,3)40-29(37)35-15-13-23(38-4)19-39-27(18-35)28(36)33-22(17-31)16-20-7-9-21(10-8-20)24-11-12-25-26(34-24)6-5-14-32-25/h7-12,22-23,27,32H,5-6,13-16,18-19H2,1-4H3,(H,33,36)/t22-,23+,27-/m0/s1. The molecular weight excluding hydrogens is 510 g/mol. The Morgan fingerprint density at radius 1 is 1.25 bits per heavy atom. The van der Waals surface area contributed by atoms with Gasteiger partial charge in [-0.05, 0) is 57.7 Å². The molecule has 214 valence electrons. The molecule has 0 saturated carbocycles. The van der Waals surface area contributed by atoms with Crippen molar-refractivity contribution >= 4 is 17.7 Å². The van der Waals surface area contributed by atoms with Crippen LogP contribution in [0.15, 0.2) is 36.4 Å². The van der Waals surface area contributed by atoms with E-state index >= 15 is 0 Å². The Hall–Kier alpha value is -3.68. The molecule has 1 aromatic carbocycles. The minimum Gasteiger partial charge on any atom is -0.444 e. The van der Waals surface area contributed by atoms with Crippen LogP contribution in [-0.4, -0.2) is 79.1 Å². The number of hydrogen-bond donors (Lipinski definition) is 2. The molecule has 10 heteroatoms. The Labute approximate surface area is 236 Å². The Balaban J connectivity index is 1.39. The summed E-state index contributed by atoms with van der Waals surface area (Å²) < 4.78 is 16.8. The van der Waals surface area contributed by atoms with Crippen LogP contribution in [-0.2, 0) is 31.8 Å². The van der Waals surface area contributed by atoms with Gasteiger partial charge in [-0.25, -0.2) is 4.79 Å². The van der Waals surface area contributed by atoms with Crippen LogP contribution in [0.4, 0.5) is 10.5 Å². The number of amides is 2. The molecule has 1 saturated heterocycles. The van der Waals surface area contributed by atoms with Crippen molar-refractivity contribution in [3.8, 4) is 17.3 Å². The third-order valence-electron chi connectivity index (χ3n) is 6.91. The fourth-order valence-corrected chi connectivity index (χ4v) is 4.72. The minimum absolute atomic E-state index is 0.0212. The lowest BCUT2D eigenvalue weighted by Crippen LogP contribution is -2.52. The molecule has 10 nitrogen and oxygen atoms in total. The van der Waals surface area contributed by atoms with E-state index in [4.69, 9.17) is 19.2 Å². The van der Waals surface area contributed by atoms with E-state index < -0.39 is 29.7 Å². The lowest BCUT2D eigenvalue weighted by Gasteiger charge is -2.33. The molecule has 3 atom stereocenters. The molecular formula is C30H39N5O5. The third kappa shape index (κ3) is 7.93. The Morgan fingerprint density at radius 3 is 2.73 bits per heavy atom. The molecule has 3 heterocycles. The number of ether oxygens (including phenoxy) is 3. The number of hydrogen-bond acceptors (Lipinski definition) is 8. The summed E-state index contributed by atoms with van der Waals surface area (Å²) in [6.45, 7) is 6.94. The van der Waals surface area contributed by atoms with Crippen molar-refractivity contribution in [1.29, 1.82) is 5.26 Å². The largest absolute Gasteiger partial charge is 0.444 e. The number of nitrogens with zero attached hydrogens (tertiary/aromatic N) is 3. The summed E-state index contributed by atoms with van der Waals surface area (Å²) in [4.78, 5) is 32.3. The summed E-state index contributed by atoms with van der Waals surface area (Å²) in [5.74, 6) is -0.458. The van der Waals surface area contributed by atoms with Gasteiger partial charge in [-0.2, -0.15) is 5.26 Å². The first-order valence-electron chi connectivity index (χ1n) is 13.8. The molecule has 4 rings (SSSR count). The molecule has 0 radical (unpaired) electrons. The van der Waals surface area contributed by atoms with Crippen molar-refractivity contribution in [2.45, 2.75) is 70.3 Å². The maximum atomic E-state index is 13.2. The molecule has 0 unspecified atom stereocenters. The lowest BCUT2D eigenvalue weighted by atomic mass is 10.0. The second-order valence-corrected chi connectivity index (χ2v) is 11.2. The van der Waals surface area contributed by atoms with E-state index in [1.54, 1.807) is 27.9 Å². The smallest absolute Gasteiger partial charge is 0.410 e. The zero-order chi connectivity index (χ0) is 28.7. The van der Waals surface area contributed by atoms with Crippen LogP contribution in [0.1, 0.15) is 44.9 Å². The minimum atomic E-state index is -0.965. The molecule has 2 aliphatic rings. The average molecular weight is 550 g/mol. The summed E-state index contributed by atoms with van der Waals surface area (Å²) in [5.41, 5.74) is 4.31. The van der Waals surface area contributed by atoms with Gasteiger partial charge in [0, 0.05) is 32.2 Å². The molecule has 0 aliphatic carbocycles. The average Bonchev–Trinajstić information content (AvgIpc) is 2.92. The highest BCUT2D eigenvalue weighted by molar-refractivity contribution is 5.82. The van der Waals surface area contributed by atoms with Gasteiger partial charge in [-0.1, -0.05) is 24.3 Å². The van der Waals surface area contributed by atoms with E-state index in [1.165, 1.54) is 4.90 Å². The number of nitrogens with one attached hydrogen (secondary N) is 2. The van der Waals surface area contributed by atoms with Crippen molar-refractivity contribution in [1.82, 2.24) is 15.2 Å². The zero-order valence-electron chi connectivity index (χ0n) is 23.7. The first-order chi connectivity index (χ1) is 19.1. The number of rotatable bonds is 6. The van der Waals surface area contributed by atoms with E-state index in [-0.39, 0.29) is 19.3 Å². The molecule has 40 heavy (non-hydrogen) atoms. The van der Waals surface area contributed by atoms with Crippen molar-refractivity contribution in [2.75, 3.05) is 38.7 Å². The van der Waals surface area contributed by atoms with E-state index in [0.29, 0.717) is 19.4 Å². The summed E-state index contributed by atoms with van der Waals surface area (Å²) >= 11 is 0. The Morgan fingerprint density at radius 2 is 2.02 bits per heavy atom.